The van der Waals surface area contributed by atoms with Crippen LogP contribution in [0.15, 0.2) is 6.20 Å². The van der Waals surface area contributed by atoms with E-state index in [0.717, 1.165) is 30.6 Å². The second-order valence-corrected chi connectivity index (χ2v) is 5.89. The number of nitrogens with zero attached hydrogens (tertiary/aromatic N) is 2. The summed E-state index contributed by atoms with van der Waals surface area (Å²) in [6, 6.07) is 0.714. The Balaban J connectivity index is 0.00000180. The number of hydrogen-bond donors (Lipinski definition) is 1. The van der Waals surface area contributed by atoms with E-state index in [2.05, 4.69) is 29.0 Å². The summed E-state index contributed by atoms with van der Waals surface area (Å²) in [5, 5.41) is 3.92. The molecule has 1 aliphatic rings. The Hall–Kier alpha value is -0.370. The van der Waals surface area contributed by atoms with Crippen LogP contribution in [0.2, 0.25) is 0 Å². The van der Waals surface area contributed by atoms with Gasteiger partial charge in [-0.1, -0.05) is 0 Å². The second kappa shape index (κ2) is 6.39. The van der Waals surface area contributed by atoms with Crippen LogP contribution in [0, 0.1) is 0 Å². The van der Waals surface area contributed by atoms with Crippen LogP contribution in [-0.2, 0) is 12.7 Å². The minimum Gasteiger partial charge on any atom is -0.309 e. The van der Waals surface area contributed by atoms with E-state index in [-0.39, 0.29) is 12.4 Å². The number of piperazine rings is 1. The van der Waals surface area contributed by atoms with Crippen LogP contribution in [-0.4, -0.2) is 35.1 Å². The van der Waals surface area contributed by atoms with E-state index in [1.807, 2.05) is 0 Å². The third-order valence-electron chi connectivity index (χ3n) is 2.82. The molecule has 0 saturated carbocycles. The van der Waals surface area contributed by atoms with Crippen LogP contribution in [0.3, 0.4) is 0 Å². The highest BCUT2D eigenvalue weighted by Crippen LogP contribution is 2.33. The van der Waals surface area contributed by atoms with Crippen molar-refractivity contribution in [3.8, 4) is 0 Å². The van der Waals surface area contributed by atoms with Crippen LogP contribution in [0.4, 0.5) is 13.2 Å². The molecule has 2 unspecified atom stereocenters. The van der Waals surface area contributed by atoms with Crippen molar-refractivity contribution in [3.63, 3.8) is 0 Å². The molecule has 2 rings (SSSR count). The summed E-state index contributed by atoms with van der Waals surface area (Å²) in [5.74, 6) is 0. The maximum atomic E-state index is 12.5. The largest absolute Gasteiger partial charge is 0.427 e. The molecule has 1 saturated heterocycles. The number of aromatic nitrogens is 1. The average molecular weight is 316 g/mol. The fraction of sp³-hybridized carbons (Fsp3) is 0.727. The first-order valence-corrected chi connectivity index (χ1v) is 6.66. The third kappa shape index (κ3) is 4.59. The van der Waals surface area contributed by atoms with Crippen molar-refractivity contribution in [2.75, 3.05) is 13.1 Å². The molecule has 0 aromatic carbocycles. The Labute approximate surface area is 120 Å². The van der Waals surface area contributed by atoms with Gasteiger partial charge in [0.25, 0.3) is 0 Å². The minimum absolute atomic E-state index is 0. The van der Waals surface area contributed by atoms with Gasteiger partial charge in [0.1, 0.15) is 9.88 Å². The summed E-state index contributed by atoms with van der Waals surface area (Å²) < 4.78 is 37.4. The SMILES string of the molecule is CC1CN(Cc2ncc(C(F)(F)F)s2)CC(C)N1.Cl. The van der Waals surface area contributed by atoms with Gasteiger partial charge >= 0.3 is 6.18 Å². The van der Waals surface area contributed by atoms with Gasteiger partial charge in [-0.3, -0.25) is 4.90 Å². The summed E-state index contributed by atoms with van der Waals surface area (Å²) in [6.45, 7) is 6.32. The van der Waals surface area contributed by atoms with Crippen molar-refractivity contribution in [1.82, 2.24) is 15.2 Å². The van der Waals surface area contributed by atoms with E-state index in [1.165, 1.54) is 0 Å². The summed E-state index contributed by atoms with van der Waals surface area (Å²) in [5.41, 5.74) is 0. The van der Waals surface area contributed by atoms with Gasteiger partial charge in [0, 0.05) is 25.2 Å². The quantitative estimate of drug-likeness (QED) is 0.909. The molecule has 1 aliphatic heterocycles. The first-order chi connectivity index (χ1) is 8.34. The van der Waals surface area contributed by atoms with Gasteiger partial charge in [-0.25, -0.2) is 4.98 Å². The normalized spacial score (nSPS) is 25.1. The predicted molar refractivity (Wildman–Crippen MR) is 71.7 cm³/mol. The number of alkyl halides is 3. The molecule has 2 atom stereocenters. The lowest BCUT2D eigenvalue weighted by atomic mass is 10.1. The summed E-state index contributed by atoms with van der Waals surface area (Å²) >= 11 is 0.738. The van der Waals surface area contributed by atoms with Crippen molar-refractivity contribution >= 4 is 23.7 Å². The van der Waals surface area contributed by atoms with Crippen molar-refractivity contribution in [1.29, 1.82) is 0 Å². The van der Waals surface area contributed by atoms with Gasteiger partial charge < -0.3 is 5.32 Å². The predicted octanol–water partition coefficient (Wildman–Crippen LogP) is 2.77. The first-order valence-electron chi connectivity index (χ1n) is 5.85. The molecule has 0 aliphatic carbocycles. The molecule has 0 radical (unpaired) electrons. The molecule has 2 heterocycles. The van der Waals surface area contributed by atoms with Gasteiger partial charge in [0.05, 0.1) is 12.7 Å². The van der Waals surface area contributed by atoms with Crippen LogP contribution >= 0.6 is 23.7 Å². The number of nitrogens with one attached hydrogen (secondary N) is 1. The minimum atomic E-state index is -4.28. The molecule has 1 aromatic heterocycles. The Morgan fingerprint density at radius 3 is 2.42 bits per heavy atom. The molecule has 110 valence electrons. The number of hydrogen-bond acceptors (Lipinski definition) is 4. The fourth-order valence-electron chi connectivity index (χ4n) is 2.28. The van der Waals surface area contributed by atoms with Crippen molar-refractivity contribution in [3.05, 3.63) is 16.1 Å². The highest BCUT2D eigenvalue weighted by molar-refractivity contribution is 7.11. The van der Waals surface area contributed by atoms with Crippen molar-refractivity contribution in [2.24, 2.45) is 0 Å². The molecule has 19 heavy (non-hydrogen) atoms. The first kappa shape index (κ1) is 16.7. The van der Waals surface area contributed by atoms with Crippen LogP contribution in [0.1, 0.15) is 23.7 Å². The Kier molecular flexibility index (Phi) is 5.61. The monoisotopic (exact) mass is 315 g/mol. The molecule has 8 heteroatoms. The Morgan fingerprint density at radius 2 is 1.95 bits per heavy atom. The van der Waals surface area contributed by atoms with E-state index in [9.17, 15) is 13.2 Å². The number of thiazole rings is 1. The van der Waals surface area contributed by atoms with Crippen LogP contribution in [0.25, 0.3) is 0 Å². The zero-order valence-corrected chi connectivity index (χ0v) is 12.3. The molecule has 1 aromatic rings. The zero-order chi connectivity index (χ0) is 13.3. The van der Waals surface area contributed by atoms with Gasteiger partial charge in [-0.05, 0) is 13.8 Å². The molecule has 0 spiro atoms. The van der Waals surface area contributed by atoms with Gasteiger partial charge in [0.2, 0.25) is 0 Å². The number of rotatable bonds is 2. The lowest BCUT2D eigenvalue weighted by molar-refractivity contribution is -0.134. The van der Waals surface area contributed by atoms with Gasteiger partial charge in [0.15, 0.2) is 0 Å². The van der Waals surface area contributed by atoms with Crippen LogP contribution < -0.4 is 5.32 Å². The van der Waals surface area contributed by atoms with E-state index >= 15 is 0 Å². The molecule has 0 bridgehead atoms. The molecule has 0 amide bonds. The zero-order valence-electron chi connectivity index (χ0n) is 10.7. The fourth-order valence-corrected chi connectivity index (χ4v) is 3.10. The van der Waals surface area contributed by atoms with Crippen molar-refractivity contribution < 1.29 is 13.2 Å². The van der Waals surface area contributed by atoms with E-state index in [1.54, 1.807) is 0 Å². The maximum absolute atomic E-state index is 12.5. The maximum Gasteiger partial charge on any atom is 0.427 e. The lowest BCUT2D eigenvalue weighted by Gasteiger charge is -2.35. The standard InChI is InChI=1S/C11H16F3N3S.ClH/c1-7-4-17(5-8(2)16-7)6-10-15-3-9(18-10)11(12,13)14;/h3,7-8,16H,4-6H2,1-2H3;1H. The highest BCUT2D eigenvalue weighted by atomic mass is 35.5. The van der Waals surface area contributed by atoms with Gasteiger partial charge in [-0.15, -0.1) is 23.7 Å². The van der Waals surface area contributed by atoms with Crippen molar-refractivity contribution in [2.45, 2.75) is 38.7 Å². The molecular weight excluding hydrogens is 299 g/mol. The van der Waals surface area contributed by atoms with E-state index < -0.39 is 11.1 Å². The lowest BCUT2D eigenvalue weighted by Crippen LogP contribution is -2.53. The smallest absolute Gasteiger partial charge is 0.309 e. The Bertz CT molecular complexity index is 400. The van der Waals surface area contributed by atoms with Crippen LogP contribution in [0.5, 0.6) is 0 Å². The molecule has 1 N–H and O–H groups in total. The summed E-state index contributed by atoms with van der Waals surface area (Å²) in [6.07, 6.45) is -3.35. The van der Waals surface area contributed by atoms with Gasteiger partial charge in [-0.2, -0.15) is 13.2 Å². The average Bonchev–Trinajstić information content (AvgIpc) is 2.63. The molecular formula is C11H17ClF3N3S. The highest BCUT2D eigenvalue weighted by Gasteiger charge is 2.33. The summed E-state index contributed by atoms with van der Waals surface area (Å²) in [4.78, 5) is 5.39. The van der Waals surface area contributed by atoms with E-state index in [0.29, 0.717) is 23.6 Å². The summed E-state index contributed by atoms with van der Waals surface area (Å²) in [7, 11) is 0. The number of halogens is 4. The second-order valence-electron chi connectivity index (χ2n) is 4.78. The molecule has 1 fully saturated rings. The molecule has 3 nitrogen and oxygen atoms in total. The van der Waals surface area contributed by atoms with E-state index in [4.69, 9.17) is 0 Å². The third-order valence-corrected chi connectivity index (χ3v) is 3.85. The Morgan fingerprint density at radius 1 is 1.37 bits per heavy atom. The topological polar surface area (TPSA) is 28.2 Å².